The summed E-state index contributed by atoms with van der Waals surface area (Å²) in [7, 11) is 1.77. The van der Waals surface area contributed by atoms with Crippen LogP contribution in [0.15, 0.2) is 0 Å². The Balaban J connectivity index is 1.60. The van der Waals surface area contributed by atoms with E-state index in [0.29, 0.717) is 0 Å². The van der Waals surface area contributed by atoms with E-state index in [1.807, 2.05) is 0 Å². The third kappa shape index (κ3) is 8.02. The standard InChI is InChI=1S/C18H38N4OS/c1-23-18(8-15-24)21-11-14-22(12-9-19-16-4-2-5-16)13-10-20-17-6-3-7-17/h16-21,24H,2-15H2,1H3. The molecule has 24 heavy (non-hydrogen) atoms. The molecule has 1 unspecified atom stereocenters. The molecule has 2 fully saturated rings. The number of nitrogens with one attached hydrogen (secondary N) is 3. The summed E-state index contributed by atoms with van der Waals surface area (Å²) in [5, 5.41) is 10.9. The van der Waals surface area contributed by atoms with E-state index in [0.717, 1.165) is 63.5 Å². The van der Waals surface area contributed by atoms with E-state index in [1.54, 1.807) is 7.11 Å². The van der Waals surface area contributed by atoms with Gasteiger partial charge in [0.2, 0.25) is 0 Å². The third-order valence-electron chi connectivity index (χ3n) is 5.41. The zero-order valence-electron chi connectivity index (χ0n) is 15.4. The van der Waals surface area contributed by atoms with Gasteiger partial charge in [-0.05, 0) is 37.9 Å². The Kier molecular flexibility index (Phi) is 10.7. The van der Waals surface area contributed by atoms with Crippen LogP contribution >= 0.6 is 12.6 Å². The molecule has 0 spiro atoms. The van der Waals surface area contributed by atoms with Crippen molar-refractivity contribution in [1.82, 2.24) is 20.9 Å². The Bertz CT molecular complexity index is 293. The predicted molar refractivity (Wildman–Crippen MR) is 105 cm³/mol. The summed E-state index contributed by atoms with van der Waals surface area (Å²) in [6, 6.07) is 1.57. The van der Waals surface area contributed by atoms with Gasteiger partial charge in [0.1, 0.15) is 6.23 Å². The van der Waals surface area contributed by atoms with Crippen LogP contribution < -0.4 is 16.0 Å². The van der Waals surface area contributed by atoms with Gasteiger partial charge in [0.05, 0.1) is 0 Å². The van der Waals surface area contributed by atoms with E-state index in [-0.39, 0.29) is 6.23 Å². The lowest BCUT2D eigenvalue weighted by Crippen LogP contribution is -2.46. The minimum Gasteiger partial charge on any atom is -0.367 e. The fourth-order valence-corrected chi connectivity index (χ4v) is 3.45. The molecule has 0 heterocycles. The van der Waals surface area contributed by atoms with Crippen LogP contribution in [0.1, 0.15) is 44.9 Å². The molecule has 0 aromatic heterocycles. The van der Waals surface area contributed by atoms with E-state index in [2.05, 4.69) is 33.5 Å². The van der Waals surface area contributed by atoms with Crippen molar-refractivity contribution in [3.8, 4) is 0 Å². The first-order valence-electron chi connectivity index (χ1n) is 9.88. The van der Waals surface area contributed by atoms with Crippen LogP contribution in [0.4, 0.5) is 0 Å². The molecule has 1 atom stereocenters. The van der Waals surface area contributed by atoms with Gasteiger partial charge in [-0.15, -0.1) is 0 Å². The lowest BCUT2D eigenvalue weighted by atomic mass is 9.93. The highest BCUT2D eigenvalue weighted by Gasteiger charge is 2.18. The zero-order chi connectivity index (χ0) is 17.0. The smallest absolute Gasteiger partial charge is 0.108 e. The molecule has 2 saturated carbocycles. The van der Waals surface area contributed by atoms with E-state index in [1.165, 1.54) is 38.5 Å². The molecule has 2 rings (SSSR count). The fourth-order valence-electron chi connectivity index (χ4n) is 3.22. The van der Waals surface area contributed by atoms with E-state index in [9.17, 15) is 0 Å². The molecule has 6 heteroatoms. The molecule has 5 nitrogen and oxygen atoms in total. The van der Waals surface area contributed by atoms with Gasteiger partial charge in [0.15, 0.2) is 0 Å². The van der Waals surface area contributed by atoms with Gasteiger partial charge in [0.25, 0.3) is 0 Å². The number of nitrogens with zero attached hydrogens (tertiary/aromatic N) is 1. The summed E-state index contributed by atoms with van der Waals surface area (Å²) in [5.41, 5.74) is 0. The molecule has 0 bridgehead atoms. The Hall–Kier alpha value is 0.150. The van der Waals surface area contributed by atoms with Crippen molar-refractivity contribution < 1.29 is 4.74 Å². The highest BCUT2D eigenvalue weighted by molar-refractivity contribution is 7.80. The maximum atomic E-state index is 5.44. The summed E-state index contributed by atoms with van der Waals surface area (Å²) in [5.74, 6) is 0.853. The number of rotatable bonds is 15. The van der Waals surface area contributed by atoms with Gasteiger partial charge in [0, 0.05) is 58.5 Å². The highest BCUT2D eigenvalue weighted by Crippen LogP contribution is 2.18. The van der Waals surface area contributed by atoms with Crippen LogP contribution in [-0.2, 0) is 4.74 Å². The van der Waals surface area contributed by atoms with E-state index < -0.39 is 0 Å². The van der Waals surface area contributed by atoms with Crippen molar-refractivity contribution in [2.75, 3.05) is 52.1 Å². The number of hydrogen-bond donors (Lipinski definition) is 4. The minimum atomic E-state index is 0.130. The molecule has 0 saturated heterocycles. The van der Waals surface area contributed by atoms with Crippen molar-refractivity contribution in [3.63, 3.8) is 0 Å². The van der Waals surface area contributed by atoms with Crippen molar-refractivity contribution in [3.05, 3.63) is 0 Å². The molecule has 0 aliphatic heterocycles. The Morgan fingerprint density at radius 2 is 1.50 bits per heavy atom. The summed E-state index contributed by atoms with van der Waals surface area (Å²) in [6.07, 6.45) is 9.35. The molecule has 0 aromatic carbocycles. The van der Waals surface area contributed by atoms with Crippen LogP contribution in [0.25, 0.3) is 0 Å². The van der Waals surface area contributed by atoms with E-state index >= 15 is 0 Å². The number of hydrogen-bond acceptors (Lipinski definition) is 6. The van der Waals surface area contributed by atoms with Crippen LogP contribution in [0.3, 0.4) is 0 Å². The maximum absolute atomic E-state index is 5.44. The molecule has 0 aromatic rings. The number of methoxy groups -OCH3 is 1. The van der Waals surface area contributed by atoms with Crippen molar-refractivity contribution in [2.45, 2.75) is 63.3 Å². The topological polar surface area (TPSA) is 48.6 Å². The van der Waals surface area contributed by atoms with Crippen LogP contribution in [0.5, 0.6) is 0 Å². The van der Waals surface area contributed by atoms with Crippen LogP contribution in [0, 0.1) is 0 Å². The van der Waals surface area contributed by atoms with Crippen LogP contribution in [-0.4, -0.2) is 75.3 Å². The quantitative estimate of drug-likeness (QED) is 0.264. The second-order valence-corrected chi connectivity index (χ2v) is 7.64. The molecule has 2 aliphatic carbocycles. The summed E-state index contributed by atoms with van der Waals surface area (Å²) < 4.78 is 5.44. The largest absolute Gasteiger partial charge is 0.367 e. The first-order valence-corrected chi connectivity index (χ1v) is 10.5. The van der Waals surface area contributed by atoms with Gasteiger partial charge in [-0.2, -0.15) is 12.6 Å². The Labute approximate surface area is 154 Å². The lowest BCUT2D eigenvalue weighted by molar-refractivity contribution is 0.0691. The summed E-state index contributed by atoms with van der Waals surface area (Å²) >= 11 is 4.29. The SMILES string of the molecule is COC(CCS)NCCN(CCNC1CCC1)CCNC1CCC1. The third-order valence-corrected chi connectivity index (χ3v) is 5.67. The summed E-state index contributed by atoms with van der Waals surface area (Å²) in [6.45, 7) is 6.53. The fraction of sp³-hybridized carbons (Fsp3) is 1.00. The minimum absolute atomic E-state index is 0.130. The average molecular weight is 359 g/mol. The number of ether oxygens (including phenoxy) is 1. The first kappa shape index (κ1) is 20.5. The zero-order valence-corrected chi connectivity index (χ0v) is 16.3. The van der Waals surface area contributed by atoms with Gasteiger partial charge in [-0.25, -0.2) is 0 Å². The molecular weight excluding hydrogens is 320 g/mol. The molecule has 0 radical (unpaired) electrons. The molecule has 2 aliphatic rings. The van der Waals surface area contributed by atoms with Crippen molar-refractivity contribution in [1.29, 1.82) is 0 Å². The Morgan fingerprint density at radius 1 is 0.958 bits per heavy atom. The maximum Gasteiger partial charge on any atom is 0.108 e. The summed E-state index contributed by atoms with van der Waals surface area (Å²) in [4.78, 5) is 2.57. The van der Waals surface area contributed by atoms with Crippen molar-refractivity contribution >= 4 is 12.6 Å². The Morgan fingerprint density at radius 3 is 1.92 bits per heavy atom. The van der Waals surface area contributed by atoms with E-state index in [4.69, 9.17) is 4.74 Å². The van der Waals surface area contributed by atoms with Crippen LogP contribution in [0.2, 0.25) is 0 Å². The van der Waals surface area contributed by atoms with Crippen molar-refractivity contribution in [2.24, 2.45) is 0 Å². The molecular formula is C18H38N4OS. The first-order chi connectivity index (χ1) is 11.8. The monoisotopic (exact) mass is 358 g/mol. The van der Waals surface area contributed by atoms with Gasteiger partial charge >= 0.3 is 0 Å². The van der Waals surface area contributed by atoms with Gasteiger partial charge < -0.3 is 15.4 Å². The number of thiol groups is 1. The highest BCUT2D eigenvalue weighted by atomic mass is 32.1. The predicted octanol–water partition coefficient (Wildman–Crippen LogP) is 1.45. The normalized spacial score (nSPS) is 20.1. The van der Waals surface area contributed by atoms with Gasteiger partial charge in [-0.3, -0.25) is 10.2 Å². The molecule has 3 N–H and O–H groups in total. The molecule has 0 amide bonds. The second-order valence-electron chi connectivity index (χ2n) is 7.20. The second kappa shape index (κ2) is 12.5. The lowest BCUT2D eigenvalue weighted by Gasteiger charge is -2.31. The average Bonchev–Trinajstić information content (AvgIpc) is 2.50. The molecule has 142 valence electrons. The van der Waals surface area contributed by atoms with Gasteiger partial charge in [-0.1, -0.05) is 12.8 Å².